The second-order valence-electron chi connectivity index (χ2n) is 4.24. The SMILES string of the molecule is C=CCN(C/C=C/C)C(=O)OC(C)(C)C. The van der Waals surface area contributed by atoms with Gasteiger partial charge in [-0.05, 0) is 27.7 Å². The molecule has 0 fully saturated rings. The Morgan fingerprint density at radius 2 is 2.00 bits per heavy atom. The Balaban J connectivity index is 4.34. The van der Waals surface area contributed by atoms with Crippen LogP contribution in [0, 0.1) is 0 Å². The third kappa shape index (κ3) is 6.77. The van der Waals surface area contributed by atoms with Crippen LogP contribution in [-0.4, -0.2) is 29.7 Å². The fourth-order valence-electron chi connectivity index (χ4n) is 0.939. The lowest BCUT2D eigenvalue weighted by Crippen LogP contribution is -2.37. The van der Waals surface area contributed by atoms with Gasteiger partial charge in [0.15, 0.2) is 0 Å². The lowest BCUT2D eigenvalue weighted by Gasteiger charge is -2.25. The average Bonchev–Trinajstić information content (AvgIpc) is 2.09. The van der Waals surface area contributed by atoms with E-state index in [0.717, 1.165) is 0 Å². The minimum atomic E-state index is -0.452. The lowest BCUT2D eigenvalue weighted by molar-refractivity contribution is 0.0292. The Bertz CT molecular complexity index is 238. The molecule has 0 aliphatic carbocycles. The van der Waals surface area contributed by atoms with Gasteiger partial charge in [-0.15, -0.1) is 6.58 Å². The van der Waals surface area contributed by atoms with Crippen LogP contribution in [0.15, 0.2) is 24.8 Å². The van der Waals surface area contributed by atoms with Crippen LogP contribution in [0.2, 0.25) is 0 Å². The zero-order valence-electron chi connectivity index (χ0n) is 10.1. The Hall–Kier alpha value is -1.25. The number of nitrogens with zero attached hydrogens (tertiary/aromatic N) is 1. The highest BCUT2D eigenvalue weighted by molar-refractivity contribution is 5.68. The molecule has 15 heavy (non-hydrogen) atoms. The number of ether oxygens (including phenoxy) is 1. The maximum Gasteiger partial charge on any atom is 0.410 e. The van der Waals surface area contributed by atoms with Gasteiger partial charge in [-0.25, -0.2) is 4.79 Å². The number of amides is 1. The maximum atomic E-state index is 11.7. The molecule has 3 nitrogen and oxygen atoms in total. The summed E-state index contributed by atoms with van der Waals surface area (Å²) < 4.78 is 5.25. The highest BCUT2D eigenvalue weighted by atomic mass is 16.6. The first-order valence-electron chi connectivity index (χ1n) is 5.10. The van der Waals surface area contributed by atoms with Gasteiger partial charge >= 0.3 is 6.09 Å². The topological polar surface area (TPSA) is 29.5 Å². The first-order chi connectivity index (χ1) is 6.90. The van der Waals surface area contributed by atoms with E-state index in [1.807, 2.05) is 39.8 Å². The quantitative estimate of drug-likeness (QED) is 0.669. The molecule has 0 spiro atoms. The molecule has 86 valence electrons. The minimum Gasteiger partial charge on any atom is -0.444 e. The van der Waals surface area contributed by atoms with Gasteiger partial charge in [-0.1, -0.05) is 18.2 Å². The van der Waals surface area contributed by atoms with Gasteiger partial charge in [0.25, 0.3) is 0 Å². The second kappa shape index (κ2) is 6.27. The van der Waals surface area contributed by atoms with Crippen molar-refractivity contribution in [1.29, 1.82) is 0 Å². The number of hydrogen-bond acceptors (Lipinski definition) is 2. The molecule has 0 saturated heterocycles. The number of allylic oxidation sites excluding steroid dienone is 1. The lowest BCUT2D eigenvalue weighted by atomic mass is 10.2. The van der Waals surface area contributed by atoms with E-state index in [-0.39, 0.29) is 6.09 Å². The fraction of sp³-hybridized carbons (Fsp3) is 0.583. The van der Waals surface area contributed by atoms with Gasteiger partial charge < -0.3 is 9.64 Å². The summed E-state index contributed by atoms with van der Waals surface area (Å²) in [7, 11) is 0. The van der Waals surface area contributed by atoms with Gasteiger partial charge in [-0.2, -0.15) is 0 Å². The Morgan fingerprint density at radius 1 is 1.40 bits per heavy atom. The normalized spacial score (nSPS) is 11.5. The van der Waals surface area contributed by atoms with Crippen molar-refractivity contribution < 1.29 is 9.53 Å². The van der Waals surface area contributed by atoms with Crippen molar-refractivity contribution in [2.24, 2.45) is 0 Å². The molecule has 0 atom stereocenters. The Kier molecular flexibility index (Phi) is 5.75. The van der Waals surface area contributed by atoms with Crippen molar-refractivity contribution in [3.05, 3.63) is 24.8 Å². The van der Waals surface area contributed by atoms with Crippen molar-refractivity contribution in [3.63, 3.8) is 0 Å². The van der Waals surface area contributed by atoms with E-state index < -0.39 is 5.60 Å². The molecule has 0 bridgehead atoms. The Morgan fingerprint density at radius 3 is 2.40 bits per heavy atom. The average molecular weight is 211 g/mol. The number of hydrogen-bond donors (Lipinski definition) is 0. The molecule has 0 aliphatic heterocycles. The van der Waals surface area contributed by atoms with Crippen LogP contribution >= 0.6 is 0 Å². The predicted octanol–water partition coefficient (Wildman–Crippen LogP) is 2.99. The fourth-order valence-corrected chi connectivity index (χ4v) is 0.939. The number of carbonyl (C=O) groups excluding carboxylic acids is 1. The summed E-state index contributed by atoms with van der Waals surface area (Å²) in [4.78, 5) is 13.3. The first-order valence-corrected chi connectivity index (χ1v) is 5.10. The van der Waals surface area contributed by atoms with Gasteiger partial charge in [0.1, 0.15) is 5.60 Å². The molecule has 0 saturated carbocycles. The summed E-state index contributed by atoms with van der Waals surface area (Å²) in [6.45, 7) is 12.1. The molecule has 0 heterocycles. The molecular weight excluding hydrogens is 190 g/mol. The highest BCUT2D eigenvalue weighted by Gasteiger charge is 2.20. The van der Waals surface area contributed by atoms with Crippen molar-refractivity contribution in [2.45, 2.75) is 33.3 Å². The summed E-state index contributed by atoms with van der Waals surface area (Å²) in [6, 6.07) is 0. The number of carbonyl (C=O) groups is 1. The van der Waals surface area contributed by atoms with Gasteiger partial charge in [0.05, 0.1) is 0 Å². The van der Waals surface area contributed by atoms with Crippen LogP contribution in [0.5, 0.6) is 0 Å². The smallest absolute Gasteiger partial charge is 0.410 e. The van der Waals surface area contributed by atoms with Crippen molar-refractivity contribution in [3.8, 4) is 0 Å². The molecular formula is C12H21NO2. The maximum absolute atomic E-state index is 11.7. The van der Waals surface area contributed by atoms with Crippen LogP contribution < -0.4 is 0 Å². The van der Waals surface area contributed by atoms with Crippen LogP contribution in [0.1, 0.15) is 27.7 Å². The minimum absolute atomic E-state index is 0.305. The van der Waals surface area contributed by atoms with E-state index in [1.54, 1.807) is 11.0 Å². The zero-order valence-corrected chi connectivity index (χ0v) is 10.1. The molecule has 0 N–H and O–H groups in total. The van der Waals surface area contributed by atoms with E-state index in [0.29, 0.717) is 13.1 Å². The van der Waals surface area contributed by atoms with E-state index in [1.165, 1.54) is 0 Å². The molecule has 0 unspecified atom stereocenters. The van der Waals surface area contributed by atoms with Gasteiger partial charge in [0.2, 0.25) is 0 Å². The van der Waals surface area contributed by atoms with Crippen molar-refractivity contribution in [2.75, 3.05) is 13.1 Å². The van der Waals surface area contributed by atoms with E-state index in [4.69, 9.17) is 4.74 Å². The largest absolute Gasteiger partial charge is 0.444 e. The third-order valence-electron chi connectivity index (χ3n) is 1.56. The predicted molar refractivity (Wildman–Crippen MR) is 62.8 cm³/mol. The van der Waals surface area contributed by atoms with Crippen molar-refractivity contribution >= 4 is 6.09 Å². The summed E-state index contributed by atoms with van der Waals surface area (Å²) in [5.41, 5.74) is -0.452. The summed E-state index contributed by atoms with van der Waals surface area (Å²) in [5, 5.41) is 0. The Labute approximate surface area is 92.4 Å². The summed E-state index contributed by atoms with van der Waals surface area (Å²) in [6.07, 6.45) is 5.20. The molecule has 1 amide bonds. The molecule has 0 rings (SSSR count). The van der Waals surface area contributed by atoms with Crippen LogP contribution in [0.4, 0.5) is 4.79 Å². The third-order valence-corrected chi connectivity index (χ3v) is 1.56. The molecule has 0 aromatic rings. The van der Waals surface area contributed by atoms with E-state index >= 15 is 0 Å². The molecule has 0 aromatic heterocycles. The van der Waals surface area contributed by atoms with E-state index in [2.05, 4.69) is 6.58 Å². The van der Waals surface area contributed by atoms with E-state index in [9.17, 15) is 4.79 Å². The van der Waals surface area contributed by atoms with Crippen LogP contribution in [0.3, 0.4) is 0 Å². The van der Waals surface area contributed by atoms with Crippen LogP contribution in [-0.2, 0) is 4.74 Å². The van der Waals surface area contributed by atoms with Gasteiger partial charge in [0, 0.05) is 13.1 Å². The molecule has 0 aromatic carbocycles. The second-order valence-corrected chi connectivity index (χ2v) is 4.24. The summed E-state index contributed by atoms with van der Waals surface area (Å²) >= 11 is 0. The standard InChI is InChI=1S/C12H21NO2/c1-6-8-10-13(9-7-2)11(14)15-12(3,4)5/h6-8H,2,9-10H2,1,3-5H3/b8-6+. The summed E-state index contributed by atoms with van der Waals surface area (Å²) in [5.74, 6) is 0. The zero-order chi connectivity index (χ0) is 11.9. The van der Waals surface area contributed by atoms with Crippen molar-refractivity contribution in [1.82, 2.24) is 4.90 Å². The molecule has 0 radical (unpaired) electrons. The number of rotatable bonds is 4. The molecule has 0 aliphatic rings. The monoisotopic (exact) mass is 211 g/mol. The van der Waals surface area contributed by atoms with Crippen LogP contribution in [0.25, 0.3) is 0 Å². The van der Waals surface area contributed by atoms with Gasteiger partial charge in [-0.3, -0.25) is 0 Å². The highest BCUT2D eigenvalue weighted by Crippen LogP contribution is 2.09. The first kappa shape index (κ1) is 13.8. The molecule has 3 heteroatoms.